The van der Waals surface area contributed by atoms with E-state index >= 15 is 0 Å². The topological polar surface area (TPSA) is 12.0 Å². The van der Waals surface area contributed by atoms with Crippen LogP contribution in [0.3, 0.4) is 0 Å². The zero-order chi connectivity index (χ0) is 11.1. The maximum Gasteiger partial charge on any atom is 0.0704 e. The van der Waals surface area contributed by atoms with Gasteiger partial charge in [0.1, 0.15) is 0 Å². The van der Waals surface area contributed by atoms with E-state index in [1.54, 1.807) is 10.4 Å². The van der Waals surface area contributed by atoms with Crippen LogP contribution in [0.4, 0.5) is 0 Å². The second-order valence-electron chi connectivity index (χ2n) is 5.17. The first-order chi connectivity index (χ1) is 7.74. The van der Waals surface area contributed by atoms with Crippen molar-refractivity contribution < 1.29 is 0 Å². The Bertz CT molecular complexity index is 383. The average molecular weight is 300 g/mol. The van der Waals surface area contributed by atoms with Gasteiger partial charge in [0, 0.05) is 17.0 Å². The van der Waals surface area contributed by atoms with Gasteiger partial charge in [-0.2, -0.15) is 0 Å². The predicted molar refractivity (Wildman–Crippen MR) is 73.0 cm³/mol. The molecule has 0 spiro atoms. The summed E-state index contributed by atoms with van der Waals surface area (Å²) in [5.41, 5.74) is 1.57. The minimum Gasteiger partial charge on any atom is -0.307 e. The molecule has 0 saturated heterocycles. The van der Waals surface area contributed by atoms with Crippen molar-refractivity contribution in [2.24, 2.45) is 5.92 Å². The zero-order valence-corrected chi connectivity index (χ0v) is 12.0. The molecule has 0 bridgehead atoms. The fourth-order valence-corrected chi connectivity index (χ4v) is 4.56. The summed E-state index contributed by atoms with van der Waals surface area (Å²) in [6.45, 7) is 2.35. The summed E-state index contributed by atoms with van der Waals surface area (Å²) in [6.07, 6.45) is 6.80. The van der Waals surface area contributed by atoms with Gasteiger partial charge in [-0.25, -0.2) is 0 Å². The van der Waals surface area contributed by atoms with E-state index in [4.69, 9.17) is 0 Å². The largest absolute Gasteiger partial charge is 0.307 e. The van der Waals surface area contributed by atoms with Gasteiger partial charge in [-0.1, -0.05) is 0 Å². The Labute approximate surface area is 110 Å². The Morgan fingerprint density at radius 2 is 2.25 bits per heavy atom. The van der Waals surface area contributed by atoms with E-state index in [1.165, 1.54) is 35.9 Å². The maximum absolute atomic E-state index is 3.84. The second kappa shape index (κ2) is 4.43. The van der Waals surface area contributed by atoms with Crippen LogP contribution in [0.15, 0.2) is 9.85 Å². The SMILES string of the molecule is CC(NC1CCCc2sc(Br)cc21)C1CC1. The summed E-state index contributed by atoms with van der Waals surface area (Å²) >= 11 is 5.54. The van der Waals surface area contributed by atoms with E-state index < -0.39 is 0 Å². The van der Waals surface area contributed by atoms with E-state index in [1.807, 2.05) is 11.3 Å². The van der Waals surface area contributed by atoms with Crippen molar-refractivity contribution in [1.82, 2.24) is 5.32 Å². The van der Waals surface area contributed by atoms with Gasteiger partial charge in [-0.3, -0.25) is 0 Å². The summed E-state index contributed by atoms with van der Waals surface area (Å²) in [6, 6.07) is 3.65. The van der Waals surface area contributed by atoms with Crippen molar-refractivity contribution in [1.29, 1.82) is 0 Å². The van der Waals surface area contributed by atoms with E-state index in [-0.39, 0.29) is 0 Å². The van der Waals surface area contributed by atoms with Crippen LogP contribution in [0.5, 0.6) is 0 Å². The van der Waals surface area contributed by atoms with Crippen LogP contribution >= 0.6 is 27.3 Å². The maximum atomic E-state index is 3.84. The van der Waals surface area contributed by atoms with E-state index in [9.17, 15) is 0 Å². The van der Waals surface area contributed by atoms with Crippen LogP contribution < -0.4 is 5.32 Å². The molecular formula is C13H18BrNS. The second-order valence-corrected chi connectivity index (χ2v) is 7.68. The summed E-state index contributed by atoms with van der Waals surface area (Å²) in [5.74, 6) is 0.951. The number of hydrogen-bond donors (Lipinski definition) is 1. The first kappa shape index (κ1) is 11.2. The van der Waals surface area contributed by atoms with Crippen molar-refractivity contribution in [3.8, 4) is 0 Å². The molecule has 1 heterocycles. The third kappa shape index (κ3) is 2.22. The number of aryl methyl sites for hydroxylation is 1. The van der Waals surface area contributed by atoms with Gasteiger partial charge >= 0.3 is 0 Å². The molecule has 1 saturated carbocycles. The Balaban J connectivity index is 1.75. The smallest absolute Gasteiger partial charge is 0.0704 e. The van der Waals surface area contributed by atoms with Crippen LogP contribution in [0.1, 0.15) is 49.1 Å². The number of halogens is 1. The van der Waals surface area contributed by atoms with E-state index in [0.717, 1.165) is 5.92 Å². The molecule has 1 aromatic rings. The molecule has 0 aliphatic heterocycles. The predicted octanol–water partition coefficient (Wildman–Crippen LogP) is 4.28. The molecule has 1 N–H and O–H groups in total. The summed E-state index contributed by atoms with van der Waals surface area (Å²) in [5, 5.41) is 3.84. The number of fused-ring (bicyclic) bond motifs is 1. The molecule has 1 aromatic heterocycles. The molecule has 88 valence electrons. The van der Waals surface area contributed by atoms with Crippen molar-refractivity contribution in [2.75, 3.05) is 0 Å². The molecule has 0 aromatic carbocycles. The van der Waals surface area contributed by atoms with Crippen molar-refractivity contribution in [3.63, 3.8) is 0 Å². The number of hydrogen-bond acceptors (Lipinski definition) is 2. The third-order valence-corrected chi connectivity index (χ3v) is 5.59. The van der Waals surface area contributed by atoms with Crippen molar-refractivity contribution in [2.45, 2.75) is 51.1 Å². The van der Waals surface area contributed by atoms with Gasteiger partial charge < -0.3 is 5.32 Å². The molecule has 3 heteroatoms. The number of thiophene rings is 1. The van der Waals surface area contributed by atoms with E-state index in [0.29, 0.717) is 12.1 Å². The molecule has 1 nitrogen and oxygen atoms in total. The van der Waals surface area contributed by atoms with Gasteiger partial charge in [0.15, 0.2) is 0 Å². The molecule has 1 fully saturated rings. The Morgan fingerprint density at radius 1 is 1.44 bits per heavy atom. The zero-order valence-electron chi connectivity index (χ0n) is 9.63. The minimum absolute atomic E-state index is 0.613. The molecule has 2 unspecified atom stereocenters. The fraction of sp³-hybridized carbons (Fsp3) is 0.692. The first-order valence-electron chi connectivity index (χ1n) is 6.28. The minimum atomic E-state index is 0.613. The molecule has 2 atom stereocenters. The summed E-state index contributed by atoms with van der Waals surface area (Å²) in [7, 11) is 0. The van der Waals surface area contributed by atoms with Crippen LogP contribution in [0.2, 0.25) is 0 Å². The Hall–Kier alpha value is 0.140. The van der Waals surface area contributed by atoms with Crippen LogP contribution in [0, 0.1) is 5.92 Å². The third-order valence-electron chi connectivity index (χ3n) is 3.88. The van der Waals surface area contributed by atoms with Gasteiger partial charge in [0.25, 0.3) is 0 Å². The molecule has 3 rings (SSSR count). The fourth-order valence-electron chi connectivity index (χ4n) is 2.74. The van der Waals surface area contributed by atoms with Gasteiger partial charge in [0.05, 0.1) is 3.79 Å². The van der Waals surface area contributed by atoms with Crippen molar-refractivity contribution in [3.05, 3.63) is 20.3 Å². The molecule has 2 aliphatic rings. The van der Waals surface area contributed by atoms with Crippen LogP contribution in [0.25, 0.3) is 0 Å². The highest BCUT2D eigenvalue weighted by atomic mass is 79.9. The normalized spacial score (nSPS) is 26.5. The number of nitrogens with one attached hydrogen (secondary N) is 1. The van der Waals surface area contributed by atoms with Gasteiger partial charge in [-0.15, -0.1) is 11.3 Å². The highest BCUT2D eigenvalue weighted by Gasteiger charge is 2.31. The number of rotatable bonds is 3. The van der Waals surface area contributed by atoms with Crippen LogP contribution in [-0.4, -0.2) is 6.04 Å². The molecule has 16 heavy (non-hydrogen) atoms. The molecule has 2 aliphatic carbocycles. The van der Waals surface area contributed by atoms with E-state index in [2.05, 4.69) is 34.2 Å². The first-order valence-corrected chi connectivity index (χ1v) is 7.89. The monoisotopic (exact) mass is 299 g/mol. The standard InChI is InChI=1S/C13H18BrNS/c1-8(9-5-6-9)15-11-3-2-4-12-10(11)7-13(14)16-12/h7-9,11,15H,2-6H2,1H3. The lowest BCUT2D eigenvalue weighted by atomic mass is 9.93. The van der Waals surface area contributed by atoms with Crippen LogP contribution in [-0.2, 0) is 6.42 Å². The van der Waals surface area contributed by atoms with Gasteiger partial charge in [0.2, 0.25) is 0 Å². The average Bonchev–Trinajstić information content (AvgIpc) is 3.01. The molecule has 0 radical (unpaired) electrons. The Morgan fingerprint density at radius 3 is 3.00 bits per heavy atom. The lowest BCUT2D eigenvalue weighted by Gasteiger charge is -2.27. The molecule has 0 amide bonds. The summed E-state index contributed by atoms with van der Waals surface area (Å²) in [4.78, 5) is 1.60. The molecular weight excluding hydrogens is 282 g/mol. The Kier molecular flexibility index (Phi) is 3.11. The highest BCUT2D eigenvalue weighted by Crippen LogP contribution is 2.40. The lowest BCUT2D eigenvalue weighted by molar-refractivity contribution is 0.387. The van der Waals surface area contributed by atoms with Gasteiger partial charge in [-0.05, 0) is 72.5 Å². The highest BCUT2D eigenvalue weighted by molar-refractivity contribution is 9.11. The van der Waals surface area contributed by atoms with Crippen molar-refractivity contribution >= 4 is 27.3 Å². The quantitative estimate of drug-likeness (QED) is 0.878. The lowest BCUT2D eigenvalue weighted by Crippen LogP contribution is -2.33. The summed E-state index contributed by atoms with van der Waals surface area (Å²) < 4.78 is 1.30.